The zero-order valence-electron chi connectivity index (χ0n) is 19.3. The SMILES string of the molecule is CCCCCCCCCn1c(CCCNC(=O)Cc2ccc(Cl)cc2)nc2ccccc21. The zero-order valence-corrected chi connectivity index (χ0v) is 20.0. The molecule has 5 heteroatoms. The van der Waals surface area contributed by atoms with Crippen LogP contribution < -0.4 is 5.32 Å². The van der Waals surface area contributed by atoms with Gasteiger partial charge in [0.2, 0.25) is 5.91 Å². The summed E-state index contributed by atoms with van der Waals surface area (Å²) in [6.45, 7) is 3.94. The molecule has 4 nitrogen and oxygen atoms in total. The number of carbonyl (C=O) groups excluding carboxylic acids is 1. The number of carbonyl (C=O) groups is 1. The van der Waals surface area contributed by atoms with E-state index in [4.69, 9.17) is 16.6 Å². The quantitative estimate of drug-likeness (QED) is 0.275. The molecule has 3 aromatic rings. The fourth-order valence-corrected chi connectivity index (χ4v) is 4.24. The van der Waals surface area contributed by atoms with Crippen molar-refractivity contribution in [2.24, 2.45) is 0 Å². The Balaban J connectivity index is 1.46. The number of rotatable bonds is 14. The number of nitrogens with zero attached hydrogens (tertiary/aromatic N) is 2. The van der Waals surface area contributed by atoms with Gasteiger partial charge in [0.1, 0.15) is 5.82 Å². The molecule has 3 rings (SSSR count). The van der Waals surface area contributed by atoms with E-state index in [-0.39, 0.29) is 5.91 Å². The summed E-state index contributed by atoms with van der Waals surface area (Å²) in [5.41, 5.74) is 3.26. The number of aryl methyl sites for hydroxylation is 2. The Morgan fingerprint density at radius 1 is 0.938 bits per heavy atom. The Morgan fingerprint density at radius 2 is 1.66 bits per heavy atom. The van der Waals surface area contributed by atoms with Crippen molar-refractivity contribution in [3.63, 3.8) is 0 Å². The van der Waals surface area contributed by atoms with Crippen LogP contribution in [-0.4, -0.2) is 22.0 Å². The highest BCUT2D eigenvalue weighted by Crippen LogP contribution is 2.19. The van der Waals surface area contributed by atoms with Gasteiger partial charge >= 0.3 is 0 Å². The fourth-order valence-electron chi connectivity index (χ4n) is 4.12. The van der Waals surface area contributed by atoms with Crippen LogP contribution in [0.15, 0.2) is 48.5 Å². The molecule has 1 N–H and O–H groups in total. The summed E-state index contributed by atoms with van der Waals surface area (Å²) in [5.74, 6) is 1.17. The normalized spacial score (nSPS) is 11.2. The van der Waals surface area contributed by atoms with Crippen LogP contribution in [0.4, 0.5) is 0 Å². The van der Waals surface area contributed by atoms with Crippen molar-refractivity contribution in [1.82, 2.24) is 14.9 Å². The minimum atomic E-state index is 0.0453. The van der Waals surface area contributed by atoms with Crippen LogP contribution in [0.3, 0.4) is 0 Å². The van der Waals surface area contributed by atoms with Gasteiger partial charge in [-0.2, -0.15) is 0 Å². The lowest BCUT2D eigenvalue weighted by molar-refractivity contribution is -0.120. The van der Waals surface area contributed by atoms with Crippen LogP contribution >= 0.6 is 11.6 Å². The van der Waals surface area contributed by atoms with Gasteiger partial charge in [0.15, 0.2) is 0 Å². The average molecular weight is 454 g/mol. The summed E-state index contributed by atoms with van der Waals surface area (Å²) in [7, 11) is 0. The third kappa shape index (κ3) is 7.67. The van der Waals surface area contributed by atoms with Gasteiger partial charge in [-0.05, 0) is 42.7 Å². The number of aromatic nitrogens is 2. The maximum absolute atomic E-state index is 12.2. The van der Waals surface area contributed by atoms with E-state index in [2.05, 4.69) is 35.0 Å². The van der Waals surface area contributed by atoms with Crippen molar-refractivity contribution in [2.75, 3.05) is 6.54 Å². The topological polar surface area (TPSA) is 46.9 Å². The molecular formula is C27H36ClN3O. The van der Waals surface area contributed by atoms with Crippen molar-refractivity contribution in [2.45, 2.75) is 77.7 Å². The molecule has 0 saturated heterocycles. The Morgan fingerprint density at radius 3 is 2.44 bits per heavy atom. The second-order valence-corrected chi connectivity index (χ2v) is 8.98. The number of fused-ring (bicyclic) bond motifs is 1. The predicted molar refractivity (Wildman–Crippen MR) is 134 cm³/mol. The number of hydrogen-bond acceptors (Lipinski definition) is 2. The number of imidazole rings is 1. The van der Waals surface area contributed by atoms with E-state index in [0.29, 0.717) is 18.0 Å². The van der Waals surface area contributed by atoms with Gasteiger partial charge in [0.05, 0.1) is 17.5 Å². The molecule has 0 atom stereocenters. The molecule has 0 spiro atoms. The second-order valence-electron chi connectivity index (χ2n) is 8.55. The molecule has 0 saturated carbocycles. The molecule has 0 bridgehead atoms. The molecule has 172 valence electrons. The van der Waals surface area contributed by atoms with Gasteiger partial charge in [-0.15, -0.1) is 0 Å². The number of hydrogen-bond donors (Lipinski definition) is 1. The van der Waals surface area contributed by atoms with Crippen LogP contribution in [-0.2, 0) is 24.2 Å². The van der Waals surface area contributed by atoms with E-state index >= 15 is 0 Å². The first-order chi connectivity index (χ1) is 15.7. The lowest BCUT2D eigenvalue weighted by atomic mass is 10.1. The lowest BCUT2D eigenvalue weighted by Crippen LogP contribution is -2.26. The third-order valence-electron chi connectivity index (χ3n) is 5.90. The minimum absolute atomic E-state index is 0.0453. The van der Waals surface area contributed by atoms with Crippen LogP contribution in [0, 0.1) is 0 Å². The molecular weight excluding hydrogens is 418 g/mol. The molecule has 1 aromatic heterocycles. The summed E-state index contributed by atoms with van der Waals surface area (Å²) in [4.78, 5) is 17.1. The zero-order chi connectivity index (χ0) is 22.6. The standard InChI is InChI=1S/C27H36ClN3O/c1-2-3-4-5-6-7-10-20-31-25-13-9-8-12-24(25)30-26(31)14-11-19-29-27(32)21-22-15-17-23(28)18-16-22/h8-9,12-13,15-18H,2-7,10-11,14,19-21H2,1H3,(H,29,32). The lowest BCUT2D eigenvalue weighted by Gasteiger charge is -2.10. The highest BCUT2D eigenvalue weighted by Gasteiger charge is 2.10. The van der Waals surface area contributed by atoms with Crippen molar-refractivity contribution >= 4 is 28.5 Å². The number of amides is 1. The van der Waals surface area contributed by atoms with Gasteiger partial charge < -0.3 is 9.88 Å². The molecule has 32 heavy (non-hydrogen) atoms. The molecule has 0 aliphatic carbocycles. The Hall–Kier alpha value is -2.33. The maximum Gasteiger partial charge on any atom is 0.224 e. The first-order valence-electron chi connectivity index (χ1n) is 12.1. The summed E-state index contributed by atoms with van der Waals surface area (Å²) < 4.78 is 2.39. The number of unbranched alkanes of at least 4 members (excludes halogenated alkanes) is 6. The molecule has 0 aliphatic rings. The van der Waals surface area contributed by atoms with Crippen molar-refractivity contribution in [1.29, 1.82) is 0 Å². The van der Waals surface area contributed by atoms with Crippen LogP contribution in [0.5, 0.6) is 0 Å². The van der Waals surface area contributed by atoms with E-state index in [1.807, 2.05) is 30.3 Å². The largest absolute Gasteiger partial charge is 0.356 e. The molecule has 0 unspecified atom stereocenters. The van der Waals surface area contributed by atoms with Crippen molar-refractivity contribution in [3.05, 3.63) is 64.9 Å². The number of para-hydroxylation sites is 2. The smallest absolute Gasteiger partial charge is 0.224 e. The first-order valence-corrected chi connectivity index (χ1v) is 12.5. The van der Waals surface area contributed by atoms with Crippen LogP contribution in [0.25, 0.3) is 11.0 Å². The van der Waals surface area contributed by atoms with E-state index in [1.165, 1.54) is 50.5 Å². The van der Waals surface area contributed by atoms with Gasteiger partial charge in [-0.1, -0.05) is 81.3 Å². The summed E-state index contributed by atoms with van der Waals surface area (Å²) in [5, 5.41) is 3.73. The van der Waals surface area contributed by atoms with Crippen molar-refractivity contribution in [3.8, 4) is 0 Å². The van der Waals surface area contributed by atoms with E-state index in [9.17, 15) is 4.79 Å². The van der Waals surface area contributed by atoms with E-state index in [0.717, 1.165) is 36.3 Å². The summed E-state index contributed by atoms with van der Waals surface area (Å²) >= 11 is 5.91. The van der Waals surface area contributed by atoms with Crippen molar-refractivity contribution < 1.29 is 4.79 Å². The molecule has 1 heterocycles. The molecule has 0 fully saturated rings. The highest BCUT2D eigenvalue weighted by molar-refractivity contribution is 6.30. The Kier molecular flexibility index (Phi) is 10.1. The second kappa shape index (κ2) is 13.3. The van der Waals surface area contributed by atoms with Gasteiger partial charge in [-0.25, -0.2) is 4.98 Å². The van der Waals surface area contributed by atoms with Crippen LogP contribution in [0.1, 0.15) is 69.7 Å². The number of benzene rings is 2. The summed E-state index contributed by atoms with van der Waals surface area (Å²) in [6.07, 6.45) is 11.3. The maximum atomic E-state index is 12.2. The van der Waals surface area contributed by atoms with E-state index in [1.54, 1.807) is 0 Å². The highest BCUT2D eigenvalue weighted by atomic mass is 35.5. The van der Waals surface area contributed by atoms with Gasteiger partial charge in [0.25, 0.3) is 0 Å². The fraction of sp³-hybridized carbons (Fsp3) is 0.481. The first kappa shape index (κ1) is 24.3. The van der Waals surface area contributed by atoms with Gasteiger partial charge in [0, 0.05) is 24.5 Å². The Labute approximate surface area is 197 Å². The molecule has 0 aliphatic heterocycles. The number of nitrogens with one attached hydrogen (secondary N) is 1. The average Bonchev–Trinajstić information content (AvgIpc) is 3.15. The van der Waals surface area contributed by atoms with E-state index < -0.39 is 0 Å². The van der Waals surface area contributed by atoms with Crippen LogP contribution in [0.2, 0.25) is 5.02 Å². The number of halogens is 1. The predicted octanol–water partition coefficient (Wildman–Crippen LogP) is 6.73. The summed E-state index contributed by atoms with van der Waals surface area (Å²) in [6, 6.07) is 15.8. The van der Waals surface area contributed by atoms with Gasteiger partial charge in [-0.3, -0.25) is 4.79 Å². The Bertz CT molecular complexity index is 965. The molecule has 1 amide bonds. The molecule has 2 aromatic carbocycles. The minimum Gasteiger partial charge on any atom is -0.356 e. The molecule has 0 radical (unpaired) electrons. The third-order valence-corrected chi connectivity index (χ3v) is 6.15. The monoisotopic (exact) mass is 453 g/mol.